The van der Waals surface area contributed by atoms with E-state index in [0.717, 1.165) is 22.1 Å². The molecule has 1 aromatic carbocycles. The quantitative estimate of drug-likeness (QED) is 0.789. The maximum Gasteiger partial charge on any atom is 0.119 e. The van der Waals surface area contributed by atoms with Gasteiger partial charge < -0.3 is 4.74 Å². The second-order valence-corrected chi connectivity index (χ2v) is 5.25. The molecule has 0 fully saturated rings. The summed E-state index contributed by atoms with van der Waals surface area (Å²) >= 11 is 10.2. The number of ether oxygens (including phenoxy) is 1. The SMILES string of the molecule is Cc1cc(OCC(C)(C)CS)ccc1Cl. The van der Waals surface area contributed by atoms with Gasteiger partial charge in [-0.15, -0.1) is 0 Å². The molecule has 0 aliphatic heterocycles. The van der Waals surface area contributed by atoms with Gasteiger partial charge in [-0.2, -0.15) is 12.6 Å². The Morgan fingerprint density at radius 3 is 2.60 bits per heavy atom. The van der Waals surface area contributed by atoms with E-state index in [4.69, 9.17) is 16.3 Å². The van der Waals surface area contributed by atoms with Crippen molar-refractivity contribution >= 4 is 24.2 Å². The van der Waals surface area contributed by atoms with Crippen molar-refractivity contribution in [2.24, 2.45) is 5.41 Å². The average molecular weight is 245 g/mol. The van der Waals surface area contributed by atoms with Crippen LogP contribution in [0.5, 0.6) is 5.75 Å². The Hall–Kier alpha value is -0.340. The number of thiol groups is 1. The Morgan fingerprint density at radius 1 is 1.40 bits per heavy atom. The maximum atomic E-state index is 5.93. The van der Waals surface area contributed by atoms with Crippen LogP contribution in [0.3, 0.4) is 0 Å². The monoisotopic (exact) mass is 244 g/mol. The molecule has 3 heteroatoms. The Labute approximate surface area is 102 Å². The number of halogens is 1. The fourth-order valence-electron chi connectivity index (χ4n) is 1.03. The molecular weight excluding hydrogens is 228 g/mol. The maximum absolute atomic E-state index is 5.93. The fourth-order valence-corrected chi connectivity index (χ4v) is 1.24. The zero-order chi connectivity index (χ0) is 11.5. The van der Waals surface area contributed by atoms with Crippen LogP contribution >= 0.6 is 24.2 Å². The summed E-state index contributed by atoms with van der Waals surface area (Å²) in [6.07, 6.45) is 0. The first-order valence-corrected chi connectivity index (χ1v) is 5.95. The van der Waals surface area contributed by atoms with Gasteiger partial charge in [0, 0.05) is 10.4 Å². The molecule has 1 rings (SSSR count). The Balaban J connectivity index is 2.62. The number of rotatable bonds is 4. The molecule has 0 unspecified atom stereocenters. The average Bonchev–Trinajstić information content (AvgIpc) is 2.20. The van der Waals surface area contributed by atoms with E-state index in [2.05, 4.69) is 26.5 Å². The first-order valence-electron chi connectivity index (χ1n) is 4.94. The highest BCUT2D eigenvalue weighted by Crippen LogP contribution is 2.23. The molecule has 0 radical (unpaired) electrons. The van der Waals surface area contributed by atoms with Crippen molar-refractivity contribution in [3.05, 3.63) is 28.8 Å². The van der Waals surface area contributed by atoms with Gasteiger partial charge >= 0.3 is 0 Å². The van der Waals surface area contributed by atoms with Crippen LogP contribution in [0.25, 0.3) is 0 Å². The van der Waals surface area contributed by atoms with Gasteiger partial charge in [0.05, 0.1) is 6.61 Å². The smallest absolute Gasteiger partial charge is 0.119 e. The van der Waals surface area contributed by atoms with E-state index in [1.807, 2.05) is 25.1 Å². The summed E-state index contributed by atoms with van der Waals surface area (Å²) in [7, 11) is 0. The molecule has 84 valence electrons. The molecule has 1 aromatic rings. The molecule has 0 heterocycles. The third-order valence-corrected chi connectivity index (χ3v) is 3.47. The van der Waals surface area contributed by atoms with Crippen LogP contribution in [0, 0.1) is 12.3 Å². The van der Waals surface area contributed by atoms with Gasteiger partial charge in [0.2, 0.25) is 0 Å². The van der Waals surface area contributed by atoms with E-state index in [0.29, 0.717) is 6.61 Å². The Morgan fingerprint density at radius 2 is 2.07 bits per heavy atom. The first kappa shape index (κ1) is 12.7. The van der Waals surface area contributed by atoms with Crippen LogP contribution in [-0.2, 0) is 0 Å². The lowest BCUT2D eigenvalue weighted by atomic mass is 9.98. The van der Waals surface area contributed by atoms with Crippen molar-refractivity contribution in [2.75, 3.05) is 12.4 Å². The molecule has 0 saturated carbocycles. The highest BCUT2D eigenvalue weighted by molar-refractivity contribution is 7.80. The van der Waals surface area contributed by atoms with E-state index >= 15 is 0 Å². The van der Waals surface area contributed by atoms with Crippen LogP contribution in [0.2, 0.25) is 5.02 Å². The van der Waals surface area contributed by atoms with Crippen molar-refractivity contribution in [3.8, 4) is 5.75 Å². The molecule has 0 bridgehead atoms. The number of aryl methyl sites for hydroxylation is 1. The van der Waals surface area contributed by atoms with E-state index in [-0.39, 0.29) is 5.41 Å². The van der Waals surface area contributed by atoms with Crippen molar-refractivity contribution in [1.29, 1.82) is 0 Å². The molecule has 1 nitrogen and oxygen atoms in total. The lowest BCUT2D eigenvalue weighted by Gasteiger charge is -2.22. The molecule has 0 saturated heterocycles. The van der Waals surface area contributed by atoms with Crippen LogP contribution in [-0.4, -0.2) is 12.4 Å². The van der Waals surface area contributed by atoms with Crippen LogP contribution < -0.4 is 4.74 Å². The summed E-state index contributed by atoms with van der Waals surface area (Å²) in [5.74, 6) is 1.67. The Bertz CT molecular complexity index is 336. The molecule has 0 spiro atoms. The predicted molar refractivity (Wildman–Crippen MR) is 69.3 cm³/mol. The fraction of sp³-hybridized carbons (Fsp3) is 0.500. The van der Waals surface area contributed by atoms with Crippen molar-refractivity contribution in [3.63, 3.8) is 0 Å². The number of benzene rings is 1. The molecule has 0 aliphatic rings. The van der Waals surface area contributed by atoms with Gasteiger partial charge in [-0.1, -0.05) is 25.4 Å². The summed E-state index contributed by atoms with van der Waals surface area (Å²) in [6.45, 7) is 6.89. The van der Waals surface area contributed by atoms with Crippen LogP contribution in [0.1, 0.15) is 19.4 Å². The summed E-state index contributed by atoms with van der Waals surface area (Å²) in [5.41, 5.74) is 1.13. The first-order chi connectivity index (χ1) is 6.94. The largest absolute Gasteiger partial charge is 0.493 e. The lowest BCUT2D eigenvalue weighted by molar-refractivity contribution is 0.202. The minimum atomic E-state index is 0.0939. The standard InChI is InChI=1S/C12H17ClOS/c1-9-6-10(4-5-11(9)13)14-7-12(2,3)8-15/h4-6,15H,7-8H2,1-3H3. The third-order valence-electron chi connectivity index (χ3n) is 2.19. The van der Waals surface area contributed by atoms with E-state index in [9.17, 15) is 0 Å². The molecule has 0 atom stereocenters. The van der Waals surface area contributed by atoms with Crippen LogP contribution in [0.15, 0.2) is 18.2 Å². The predicted octanol–water partition coefficient (Wildman–Crippen LogP) is 3.98. The zero-order valence-electron chi connectivity index (χ0n) is 9.38. The summed E-state index contributed by atoms with van der Waals surface area (Å²) in [4.78, 5) is 0. The summed E-state index contributed by atoms with van der Waals surface area (Å²) in [5, 5.41) is 0.774. The topological polar surface area (TPSA) is 9.23 Å². The van der Waals surface area contributed by atoms with Gasteiger partial charge in [-0.3, -0.25) is 0 Å². The number of hydrogen-bond donors (Lipinski definition) is 1. The van der Waals surface area contributed by atoms with Crippen molar-refractivity contribution in [1.82, 2.24) is 0 Å². The highest BCUT2D eigenvalue weighted by Gasteiger charge is 2.16. The minimum Gasteiger partial charge on any atom is -0.493 e. The molecule has 0 N–H and O–H groups in total. The van der Waals surface area contributed by atoms with Gasteiger partial charge in [-0.25, -0.2) is 0 Å². The Kier molecular flexibility index (Phi) is 4.35. The summed E-state index contributed by atoms with van der Waals surface area (Å²) < 4.78 is 5.69. The van der Waals surface area contributed by atoms with Gasteiger partial charge in [0.25, 0.3) is 0 Å². The van der Waals surface area contributed by atoms with Gasteiger partial charge in [0.1, 0.15) is 5.75 Å². The van der Waals surface area contributed by atoms with E-state index < -0.39 is 0 Å². The molecule has 0 amide bonds. The third kappa shape index (κ3) is 3.96. The second-order valence-electron chi connectivity index (χ2n) is 4.52. The molecule has 0 aliphatic carbocycles. The highest BCUT2D eigenvalue weighted by atomic mass is 35.5. The van der Waals surface area contributed by atoms with E-state index in [1.165, 1.54) is 0 Å². The molecular formula is C12H17ClOS. The van der Waals surface area contributed by atoms with Crippen LogP contribution in [0.4, 0.5) is 0 Å². The normalized spacial score (nSPS) is 11.5. The van der Waals surface area contributed by atoms with Crippen molar-refractivity contribution < 1.29 is 4.74 Å². The van der Waals surface area contributed by atoms with Gasteiger partial charge in [0.15, 0.2) is 0 Å². The molecule has 15 heavy (non-hydrogen) atoms. The lowest BCUT2D eigenvalue weighted by Crippen LogP contribution is -2.23. The zero-order valence-corrected chi connectivity index (χ0v) is 11.0. The second kappa shape index (κ2) is 5.13. The van der Waals surface area contributed by atoms with Gasteiger partial charge in [-0.05, 0) is 36.4 Å². The summed E-state index contributed by atoms with van der Waals surface area (Å²) in [6, 6.07) is 5.71. The van der Waals surface area contributed by atoms with E-state index in [1.54, 1.807) is 0 Å². The molecule has 0 aromatic heterocycles. The minimum absolute atomic E-state index is 0.0939. The van der Waals surface area contributed by atoms with Crippen molar-refractivity contribution in [2.45, 2.75) is 20.8 Å². The number of hydrogen-bond acceptors (Lipinski definition) is 2.